The van der Waals surface area contributed by atoms with E-state index in [1.165, 1.54) is 0 Å². The Labute approximate surface area is 112 Å². The van der Waals surface area contributed by atoms with Gasteiger partial charge in [0.15, 0.2) is 5.76 Å². The van der Waals surface area contributed by atoms with Crippen LogP contribution in [0.1, 0.15) is 31.0 Å². The van der Waals surface area contributed by atoms with Crippen molar-refractivity contribution >= 4 is 11.3 Å². The minimum absolute atomic E-state index is 0.188. The number of hydrogen-bond donors (Lipinski definition) is 1. The van der Waals surface area contributed by atoms with Crippen molar-refractivity contribution in [3.05, 3.63) is 28.3 Å². The van der Waals surface area contributed by atoms with Gasteiger partial charge in [-0.2, -0.15) is 0 Å². The summed E-state index contributed by atoms with van der Waals surface area (Å²) in [5.74, 6) is 1.77. The lowest BCUT2D eigenvalue weighted by Gasteiger charge is -2.21. The van der Waals surface area contributed by atoms with E-state index in [2.05, 4.69) is 24.2 Å². The van der Waals surface area contributed by atoms with E-state index in [-0.39, 0.29) is 5.41 Å². The predicted octanol–water partition coefficient (Wildman–Crippen LogP) is 3.63. The lowest BCUT2D eigenvalue weighted by atomic mass is 9.88. The zero-order valence-electron chi connectivity index (χ0n) is 11.2. The smallest absolute Gasteiger partial charge is 0.153 e. The van der Waals surface area contributed by atoms with Crippen molar-refractivity contribution < 1.29 is 4.42 Å². The Morgan fingerprint density at radius 1 is 1.39 bits per heavy atom. The molecule has 0 atom stereocenters. The highest BCUT2D eigenvalue weighted by atomic mass is 32.1. The van der Waals surface area contributed by atoms with Crippen molar-refractivity contribution in [2.45, 2.75) is 33.6 Å². The average molecular weight is 264 g/mol. The second-order valence-electron chi connectivity index (χ2n) is 5.41. The third kappa shape index (κ3) is 3.21. The average Bonchev–Trinajstić information content (AvgIpc) is 2.95. The zero-order valence-corrected chi connectivity index (χ0v) is 12.0. The lowest BCUT2D eigenvalue weighted by molar-refractivity contribution is 0.347. The Hall–Kier alpha value is -1.13. The number of aromatic nitrogens is 1. The summed E-state index contributed by atoms with van der Waals surface area (Å²) in [4.78, 5) is 4.62. The first-order valence-electron chi connectivity index (χ1n) is 6.21. The van der Waals surface area contributed by atoms with Crippen LogP contribution >= 0.6 is 11.3 Å². The highest BCUT2D eigenvalue weighted by Gasteiger charge is 2.16. The van der Waals surface area contributed by atoms with Gasteiger partial charge < -0.3 is 10.2 Å². The lowest BCUT2D eigenvalue weighted by Crippen LogP contribution is -2.23. The fourth-order valence-electron chi connectivity index (χ4n) is 1.66. The van der Waals surface area contributed by atoms with Crippen LogP contribution in [-0.2, 0) is 6.42 Å². The Kier molecular flexibility index (Phi) is 3.88. The topological polar surface area (TPSA) is 52.0 Å². The SMILES string of the molecule is Cc1ccc(-c2csc(CCC(C)(C)CN)n2)o1. The van der Waals surface area contributed by atoms with Gasteiger partial charge in [0.2, 0.25) is 0 Å². The van der Waals surface area contributed by atoms with Gasteiger partial charge in [0.05, 0.1) is 5.01 Å². The highest BCUT2D eigenvalue weighted by molar-refractivity contribution is 7.09. The normalized spacial score (nSPS) is 12.0. The molecule has 2 heterocycles. The Morgan fingerprint density at radius 2 is 2.17 bits per heavy atom. The summed E-state index contributed by atoms with van der Waals surface area (Å²) in [6.45, 7) is 7.04. The van der Waals surface area contributed by atoms with E-state index in [1.54, 1.807) is 11.3 Å². The van der Waals surface area contributed by atoms with Gasteiger partial charge in [0.25, 0.3) is 0 Å². The van der Waals surface area contributed by atoms with E-state index in [0.29, 0.717) is 6.54 Å². The summed E-state index contributed by atoms with van der Waals surface area (Å²) < 4.78 is 5.57. The van der Waals surface area contributed by atoms with Gasteiger partial charge in [-0.25, -0.2) is 4.98 Å². The van der Waals surface area contributed by atoms with Crippen molar-refractivity contribution in [1.82, 2.24) is 4.98 Å². The van der Waals surface area contributed by atoms with Gasteiger partial charge in [-0.15, -0.1) is 11.3 Å². The van der Waals surface area contributed by atoms with Crippen LogP contribution in [0, 0.1) is 12.3 Å². The molecule has 3 nitrogen and oxygen atoms in total. The van der Waals surface area contributed by atoms with Crippen LogP contribution in [0.15, 0.2) is 21.9 Å². The maximum absolute atomic E-state index is 5.74. The monoisotopic (exact) mass is 264 g/mol. The first kappa shape index (κ1) is 13.3. The molecule has 2 rings (SSSR count). The molecule has 0 bridgehead atoms. The molecule has 0 aliphatic heterocycles. The summed E-state index contributed by atoms with van der Waals surface area (Å²) in [6, 6.07) is 3.93. The van der Waals surface area contributed by atoms with E-state index < -0.39 is 0 Å². The number of nitrogens with zero attached hydrogens (tertiary/aromatic N) is 1. The van der Waals surface area contributed by atoms with Gasteiger partial charge >= 0.3 is 0 Å². The third-order valence-corrected chi connectivity index (χ3v) is 4.02. The van der Waals surface area contributed by atoms with Crippen molar-refractivity contribution in [2.75, 3.05) is 6.54 Å². The summed E-state index contributed by atoms with van der Waals surface area (Å²) in [5, 5.41) is 3.21. The van der Waals surface area contributed by atoms with Gasteiger partial charge in [0.1, 0.15) is 11.5 Å². The van der Waals surface area contributed by atoms with E-state index in [0.717, 1.165) is 35.1 Å². The molecule has 0 fully saturated rings. The molecule has 0 unspecified atom stereocenters. The maximum atomic E-state index is 5.74. The molecule has 0 saturated carbocycles. The summed E-state index contributed by atoms with van der Waals surface area (Å²) in [7, 11) is 0. The van der Waals surface area contributed by atoms with Crippen LogP contribution in [-0.4, -0.2) is 11.5 Å². The molecule has 0 spiro atoms. The van der Waals surface area contributed by atoms with Gasteiger partial charge in [0, 0.05) is 5.38 Å². The molecule has 0 aromatic carbocycles. The Morgan fingerprint density at radius 3 is 2.78 bits per heavy atom. The molecule has 2 aromatic heterocycles. The molecule has 0 saturated heterocycles. The zero-order chi connectivity index (χ0) is 13.2. The second kappa shape index (κ2) is 5.24. The molecule has 0 radical (unpaired) electrons. The minimum atomic E-state index is 0.188. The van der Waals surface area contributed by atoms with E-state index in [9.17, 15) is 0 Å². The molecule has 98 valence electrons. The first-order chi connectivity index (χ1) is 8.50. The molecule has 0 aliphatic rings. The molecular formula is C14H20N2OS. The van der Waals surface area contributed by atoms with Gasteiger partial charge in [-0.3, -0.25) is 0 Å². The predicted molar refractivity (Wildman–Crippen MR) is 75.7 cm³/mol. The van der Waals surface area contributed by atoms with Crippen LogP contribution in [0.5, 0.6) is 0 Å². The van der Waals surface area contributed by atoms with E-state index in [1.807, 2.05) is 19.1 Å². The van der Waals surface area contributed by atoms with Crippen molar-refractivity contribution in [3.8, 4) is 11.5 Å². The standard InChI is InChI=1S/C14H20N2OS/c1-10-4-5-12(17-10)11-8-18-13(16-11)6-7-14(2,3)9-15/h4-5,8H,6-7,9,15H2,1-3H3. The maximum Gasteiger partial charge on any atom is 0.153 e. The number of nitrogens with two attached hydrogens (primary N) is 1. The number of hydrogen-bond acceptors (Lipinski definition) is 4. The van der Waals surface area contributed by atoms with Crippen LogP contribution in [0.3, 0.4) is 0 Å². The fourth-order valence-corrected chi connectivity index (χ4v) is 2.45. The van der Waals surface area contributed by atoms with Crippen LogP contribution in [0.25, 0.3) is 11.5 Å². The second-order valence-corrected chi connectivity index (χ2v) is 6.35. The van der Waals surface area contributed by atoms with Crippen molar-refractivity contribution in [2.24, 2.45) is 11.1 Å². The van der Waals surface area contributed by atoms with Crippen molar-refractivity contribution in [3.63, 3.8) is 0 Å². The van der Waals surface area contributed by atoms with Gasteiger partial charge in [-0.1, -0.05) is 13.8 Å². The summed E-state index contributed by atoms with van der Waals surface area (Å²) in [5.41, 5.74) is 6.86. The number of thiazole rings is 1. The quantitative estimate of drug-likeness (QED) is 0.897. The Balaban J connectivity index is 2.03. The van der Waals surface area contributed by atoms with E-state index in [4.69, 9.17) is 10.2 Å². The summed E-state index contributed by atoms with van der Waals surface area (Å²) >= 11 is 1.69. The molecule has 2 aromatic rings. The fraction of sp³-hybridized carbons (Fsp3) is 0.500. The van der Waals surface area contributed by atoms with Gasteiger partial charge in [-0.05, 0) is 43.9 Å². The molecular weight excluding hydrogens is 244 g/mol. The Bertz CT molecular complexity index is 513. The highest BCUT2D eigenvalue weighted by Crippen LogP contribution is 2.27. The molecule has 0 aliphatic carbocycles. The molecule has 4 heteroatoms. The third-order valence-electron chi connectivity index (χ3n) is 3.11. The molecule has 18 heavy (non-hydrogen) atoms. The number of furan rings is 1. The minimum Gasteiger partial charge on any atom is -0.460 e. The van der Waals surface area contributed by atoms with Crippen molar-refractivity contribution in [1.29, 1.82) is 0 Å². The first-order valence-corrected chi connectivity index (χ1v) is 7.09. The van der Waals surface area contributed by atoms with Crippen LogP contribution in [0.2, 0.25) is 0 Å². The molecule has 0 amide bonds. The summed E-state index contributed by atoms with van der Waals surface area (Å²) in [6.07, 6.45) is 2.04. The van der Waals surface area contributed by atoms with E-state index >= 15 is 0 Å². The number of rotatable bonds is 5. The van der Waals surface area contributed by atoms with Crippen LogP contribution in [0.4, 0.5) is 0 Å². The largest absolute Gasteiger partial charge is 0.460 e. The number of aryl methyl sites for hydroxylation is 2. The van der Waals surface area contributed by atoms with Crippen LogP contribution < -0.4 is 5.73 Å². The molecule has 2 N–H and O–H groups in total.